The van der Waals surface area contributed by atoms with E-state index < -0.39 is 0 Å². The molecule has 0 unspecified atom stereocenters. The zero-order valence-electron chi connectivity index (χ0n) is 8.82. The van der Waals surface area contributed by atoms with Gasteiger partial charge in [-0.3, -0.25) is 0 Å². The summed E-state index contributed by atoms with van der Waals surface area (Å²) in [4.78, 5) is 3.19. The van der Waals surface area contributed by atoms with E-state index in [0.717, 1.165) is 16.5 Å². The van der Waals surface area contributed by atoms with E-state index in [1.54, 1.807) is 0 Å². The highest BCUT2D eigenvalue weighted by molar-refractivity contribution is 5.96. The number of hydrogen-bond acceptors (Lipinski definition) is 3. The Morgan fingerprint density at radius 2 is 2.25 bits per heavy atom. The Kier molecular flexibility index (Phi) is 1.77. The number of nitrogens with one attached hydrogen (secondary N) is 1. The Labute approximate surface area is 92.0 Å². The topological polar surface area (TPSA) is 67.8 Å². The van der Waals surface area contributed by atoms with Gasteiger partial charge in [-0.05, 0) is 19.1 Å². The number of fused-ring (bicyclic) bond motifs is 1. The van der Waals surface area contributed by atoms with Crippen molar-refractivity contribution in [3.05, 3.63) is 36.2 Å². The van der Waals surface area contributed by atoms with Gasteiger partial charge >= 0.3 is 0 Å². The van der Waals surface area contributed by atoms with Crippen LogP contribution in [0, 0.1) is 6.92 Å². The number of hydrogen-bond donors (Lipinski definition) is 2. The normalized spacial score (nSPS) is 11.1. The second kappa shape index (κ2) is 3.13. The average Bonchev–Trinajstić information content (AvgIpc) is 2.83. The van der Waals surface area contributed by atoms with Gasteiger partial charge in [0.1, 0.15) is 5.69 Å². The second-order valence-corrected chi connectivity index (χ2v) is 3.86. The monoisotopic (exact) mass is 213 g/mol. The van der Waals surface area contributed by atoms with E-state index in [2.05, 4.69) is 29.2 Å². The molecule has 4 nitrogen and oxygen atoms in total. The van der Waals surface area contributed by atoms with Crippen molar-refractivity contribution >= 4 is 16.6 Å². The molecule has 1 aromatic carbocycles. The number of anilines is 1. The fraction of sp³-hybridized carbons (Fsp3) is 0.0833. The zero-order chi connectivity index (χ0) is 11.1. The number of H-pyrrole nitrogens is 1. The molecule has 0 radical (unpaired) electrons. The number of aryl methyl sites for hydroxylation is 1. The molecule has 0 aliphatic heterocycles. The molecule has 0 saturated heterocycles. The van der Waals surface area contributed by atoms with Gasteiger partial charge in [0.2, 0.25) is 0 Å². The molecule has 0 bridgehead atoms. The summed E-state index contributed by atoms with van der Waals surface area (Å²) < 4.78 is 5.16. The van der Waals surface area contributed by atoms with Crippen LogP contribution in [-0.4, -0.2) is 10.1 Å². The van der Waals surface area contributed by atoms with Crippen molar-refractivity contribution in [1.29, 1.82) is 0 Å². The first kappa shape index (κ1) is 9.03. The summed E-state index contributed by atoms with van der Waals surface area (Å²) in [7, 11) is 0. The summed E-state index contributed by atoms with van der Waals surface area (Å²) in [5.74, 6) is 0.622. The van der Waals surface area contributed by atoms with Gasteiger partial charge in [0, 0.05) is 22.7 Å². The number of nitrogens with zero attached hydrogens (tertiary/aromatic N) is 1. The Balaban J connectivity index is 2.32. The summed E-state index contributed by atoms with van der Waals surface area (Å²) in [6.45, 7) is 2.06. The van der Waals surface area contributed by atoms with Gasteiger partial charge in [-0.25, -0.2) is 0 Å². The maximum atomic E-state index is 5.79. The SMILES string of the molecule is Cc1ccc2[nH]cc(-c3oncc3N)c2c1. The van der Waals surface area contributed by atoms with Gasteiger partial charge in [0.05, 0.1) is 6.20 Å². The molecular formula is C12H11N3O. The number of benzene rings is 1. The van der Waals surface area contributed by atoms with Gasteiger partial charge in [0.25, 0.3) is 0 Å². The molecule has 0 amide bonds. The van der Waals surface area contributed by atoms with Crippen LogP contribution in [0.15, 0.2) is 35.1 Å². The molecule has 3 aromatic rings. The molecule has 4 heteroatoms. The molecule has 80 valence electrons. The zero-order valence-corrected chi connectivity index (χ0v) is 8.82. The minimum absolute atomic E-state index is 0.558. The molecule has 3 rings (SSSR count). The van der Waals surface area contributed by atoms with Crippen LogP contribution in [0.5, 0.6) is 0 Å². The number of rotatable bonds is 1. The molecule has 2 aromatic heterocycles. The first-order chi connectivity index (χ1) is 7.75. The highest BCUT2D eigenvalue weighted by Crippen LogP contribution is 2.32. The molecule has 0 atom stereocenters. The van der Waals surface area contributed by atoms with Crippen molar-refractivity contribution in [2.75, 3.05) is 5.73 Å². The smallest absolute Gasteiger partial charge is 0.191 e. The van der Waals surface area contributed by atoms with Crippen LogP contribution in [0.25, 0.3) is 22.2 Å². The van der Waals surface area contributed by atoms with Crippen LogP contribution in [0.3, 0.4) is 0 Å². The van der Waals surface area contributed by atoms with Crippen LogP contribution in [0.1, 0.15) is 5.56 Å². The Hall–Kier alpha value is -2.23. The van der Waals surface area contributed by atoms with Crippen LogP contribution in [0.4, 0.5) is 5.69 Å². The summed E-state index contributed by atoms with van der Waals surface area (Å²) in [6.07, 6.45) is 3.41. The Morgan fingerprint density at radius 3 is 3.00 bits per heavy atom. The van der Waals surface area contributed by atoms with E-state index in [0.29, 0.717) is 11.4 Å². The first-order valence-corrected chi connectivity index (χ1v) is 5.04. The fourth-order valence-electron chi connectivity index (χ4n) is 1.87. The number of nitrogens with two attached hydrogens (primary N) is 1. The average molecular weight is 213 g/mol. The third-order valence-electron chi connectivity index (χ3n) is 2.68. The summed E-state index contributed by atoms with van der Waals surface area (Å²) >= 11 is 0. The summed E-state index contributed by atoms with van der Waals surface area (Å²) in [5, 5.41) is 4.79. The highest BCUT2D eigenvalue weighted by atomic mass is 16.5. The molecule has 0 spiro atoms. The number of nitrogen functional groups attached to an aromatic ring is 1. The molecule has 0 aliphatic rings. The molecule has 16 heavy (non-hydrogen) atoms. The lowest BCUT2D eigenvalue weighted by Crippen LogP contribution is -1.83. The predicted octanol–water partition coefficient (Wildman–Crippen LogP) is 2.71. The third-order valence-corrected chi connectivity index (χ3v) is 2.68. The van der Waals surface area contributed by atoms with Crippen molar-refractivity contribution in [2.45, 2.75) is 6.92 Å². The van der Waals surface area contributed by atoms with E-state index in [4.69, 9.17) is 10.3 Å². The lowest BCUT2D eigenvalue weighted by atomic mass is 10.1. The van der Waals surface area contributed by atoms with Gasteiger partial charge in [-0.15, -0.1) is 0 Å². The molecular weight excluding hydrogens is 202 g/mol. The standard InChI is InChI=1S/C12H11N3O/c1-7-2-3-11-8(4-7)9(5-14-11)12-10(13)6-15-16-12/h2-6,14H,13H2,1H3. The fourth-order valence-corrected chi connectivity index (χ4v) is 1.87. The quantitative estimate of drug-likeness (QED) is 0.653. The summed E-state index contributed by atoms with van der Waals surface area (Å²) in [6, 6.07) is 6.20. The van der Waals surface area contributed by atoms with Crippen molar-refractivity contribution in [3.63, 3.8) is 0 Å². The highest BCUT2D eigenvalue weighted by Gasteiger charge is 2.12. The molecule has 0 aliphatic carbocycles. The lowest BCUT2D eigenvalue weighted by Gasteiger charge is -1.96. The maximum absolute atomic E-state index is 5.79. The van der Waals surface area contributed by atoms with E-state index in [9.17, 15) is 0 Å². The minimum Gasteiger partial charge on any atom is -0.394 e. The van der Waals surface area contributed by atoms with Crippen molar-refractivity contribution in [2.24, 2.45) is 0 Å². The van der Waals surface area contributed by atoms with Crippen LogP contribution in [0.2, 0.25) is 0 Å². The number of aromatic amines is 1. The van der Waals surface area contributed by atoms with Crippen molar-refractivity contribution < 1.29 is 4.52 Å². The lowest BCUT2D eigenvalue weighted by molar-refractivity contribution is 0.433. The Bertz CT molecular complexity index is 651. The van der Waals surface area contributed by atoms with Crippen molar-refractivity contribution in [3.8, 4) is 11.3 Å². The first-order valence-electron chi connectivity index (χ1n) is 5.04. The molecule has 0 saturated carbocycles. The van der Waals surface area contributed by atoms with Crippen LogP contribution < -0.4 is 5.73 Å². The van der Waals surface area contributed by atoms with Gasteiger partial charge in [-0.2, -0.15) is 0 Å². The maximum Gasteiger partial charge on any atom is 0.191 e. The van der Waals surface area contributed by atoms with Crippen LogP contribution >= 0.6 is 0 Å². The molecule has 3 N–H and O–H groups in total. The second-order valence-electron chi connectivity index (χ2n) is 3.86. The van der Waals surface area contributed by atoms with E-state index in [-0.39, 0.29) is 0 Å². The predicted molar refractivity (Wildman–Crippen MR) is 62.9 cm³/mol. The number of aromatic nitrogens is 2. The third kappa shape index (κ3) is 1.20. The van der Waals surface area contributed by atoms with E-state index >= 15 is 0 Å². The van der Waals surface area contributed by atoms with E-state index in [1.165, 1.54) is 11.8 Å². The van der Waals surface area contributed by atoms with Crippen molar-refractivity contribution in [1.82, 2.24) is 10.1 Å². The van der Waals surface area contributed by atoms with Crippen LogP contribution in [-0.2, 0) is 0 Å². The van der Waals surface area contributed by atoms with Gasteiger partial charge in [-0.1, -0.05) is 16.8 Å². The minimum atomic E-state index is 0.558. The summed E-state index contributed by atoms with van der Waals surface area (Å²) in [5.41, 5.74) is 9.57. The van der Waals surface area contributed by atoms with Gasteiger partial charge < -0.3 is 15.2 Å². The molecule has 0 fully saturated rings. The Morgan fingerprint density at radius 1 is 1.38 bits per heavy atom. The van der Waals surface area contributed by atoms with Gasteiger partial charge in [0.15, 0.2) is 5.76 Å². The largest absolute Gasteiger partial charge is 0.394 e. The molecule has 2 heterocycles. The van der Waals surface area contributed by atoms with E-state index in [1.807, 2.05) is 12.3 Å².